The summed E-state index contributed by atoms with van der Waals surface area (Å²) >= 11 is 0. The van der Waals surface area contributed by atoms with Crippen LogP contribution < -0.4 is 10.6 Å². The Labute approximate surface area is 155 Å². The number of rotatable bonds is 5. The third kappa shape index (κ3) is 4.49. The molecule has 0 aliphatic heterocycles. The standard InChI is InChI=1S/C20H19FN2O4/c21-14-9-7-12(8-10-14)18(24)22-15-4-1-3-13(11-15)19(25)23-17-6-2-5-16(17)20(26)27/h1,3-4,7-11,16-17H,2,5-6H2,(H,22,24)(H,23,25)(H,26,27)/t16-,17+/m1/s1. The van der Waals surface area contributed by atoms with Gasteiger partial charge in [-0.3, -0.25) is 14.4 Å². The number of hydrogen-bond donors (Lipinski definition) is 3. The van der Waals surface area contributed by atoms with Crippen molar-refractivity contribution in [2.75, 3.05) is 5.32 Å². The van der Waals surface area contributed by atoms with Gasteiger partial charge in [0.1, 0.15) is 5.82 Å². The van der Waals surface area contributed by atoms with E-state index in [9.17, 15) is 23.9 Å². The summed E-state index contributed by atoms with van der Waals surface area (Å²) in [6, 6.07) is 11.1. The van der Waals surface area contributed by atoms with Crippen molar-refractivity contribution >= 4 is 23.5 Å². The highest BCUT2D eigenvalue weighted by Crippen LogP contribution is 2.26. The van der Waals surface area contributed by atoms with Gasteiger partial charge in [0.2, 0.25) is 0 Å². The first-order chi connectivity index (χ1) is 12.9. The van der Waals surface area contributed by atoms with Gasteiger partial charge >= 0.3 is 5.97 Å². The van der Waals surface area contributed by atoms with Gasteiger partial charge in [0.05, 0.1) is 5.92 Å². The lowest BCUT2D eigenvalue weighted by molar-refractivity contribution is -0.142. The van der Waals surface area contributed by atoms with E-state index >= 15 is 0 Å². The summed E-state index contributed by atoms with van der Waals surface area (Å²) in [6.07, 6.45) is 1.94. The molecule has 1 saturated carbocycles. The number of carboxylic acid groups (broad SMARTS) is 1. The summed E-state index contributed by atoms with van der Waals surface area (Å²) in [5, 5.41) is 14.6. The Morgan fingerprint density at radius 1 is 0.963 bits per heavy atom. The number of carbonyl (C=O) groups is 3. The SMILES string of the molecule is O=C(Nc1cccc(C(=O)N[C@H]2CCC[C@H]2C(=O)O)c1)c1ccc(F)cc1. The second-order valence-corrected chi connectivity index (χ2v) is 6.50. The predicted octanol–water partition coefficient (Wildman–Crippen LogP) is 3.06. The highest BCUT2D eigenvalue weighted by atomic mass is 19.1. The molecule has 0 spiro atoms. The molecular formula is C20H19FN2O4. The number of amides is 2. The van der Waals surface area contributed by atoms with Gasteiger partial charge < -0.3 is 15.7 Å². The maximum atomic E-state index is 13.0. The average molecular weight is 370 g/mol. The lowest BCUT2D eigenvalue weighted by atomic mass is 10.0. The van der Waals surface area contributed by atoms with E-state index in [1.54, 1.807) is 18.2 Å². The Bertz CT molecular complexity index is 867. The molecule has 7 heteroatoms. The molecule has 0 bridgehead atoms. The Hall–Kier alpha value is -3.22. The van der Waals surface area contributed by atoms with E-state index < -0.39 is 29.7 Å². The van der Waals surface area contributed by atoms with Gasteiger partial charge in [0, 0.05) is 22.9 Å². The minimum Gasteiger partial charge on any atom is -0.481 e. The van der Waals surface area contributed by atoms with E-state index in [2.05, 4.69) is 10.6 Å². The number of halogens is 1. The Morgan fingerprint density at radius 3 is 2.41 bits per heavy atom. The molecule has 0 heterocycles. The van der Waals surface area contributed by atoms with Crippen LogP contribution in [-0.4, -0.2) is 28.9 Å². The summed E-state index contributed by atoms with van der Waals surface area (Å²) in [6.45, 7) is 0. The molecule has 2 amide bonds. The minimum absolute atomic E-state index is 0.293. The minimum atomic E-state index is -0.905. The first-order valence-corrected chi connectivity index (χ1v) is 8.64. The first-order valence-electron chi connectivity index (χ1n) is 8.64. The maximum absolute atomic E-state index is 13.0. The van der Waals surface area contributed by atoms with Crippen LogP contribution in [0.1, 0.15) is 40.0 Å². The third-order valence-electron chi connectivity index (χ3n) is 4.64. The quantitative estimate of drug-likeness (QED) is 0.754. The normalized spacial score (nSPS) is 18.7. The van der Waals surface area contributed by atoms with Crippen molar-refractivity contribution in [3.63, 3.8) is 0 Å². The Balaban J connectivity index is 1.67. The molecule has 0 saturated heterocycles. The maximum Gasteiger partial charge on any atom is 0.308 e. The fourth-order valence-corrected chi connectivity index (χ4v) is 3.22. The van der Waals surface area contributed by atoms with Gasteiger partial charge in [-0.05, 0) is 55.3 Å². The Morgan fingerprint density at radius 2 is 1.70 bits per heavy atom. The lowest BCUT2D eigenvalue weighted by Gasteiger charge is -2.17. The summed E-state index contributed by atoms with van der Waals surface area (Å²) in [5.74, 6) is -2.72. The monoisotopic (exact) mass is 370 g/mol. The molecule has 1 aliphatic carbocycles. The number of anilines is 1. The van der Waals surface area contributed by atoms with Crippen molar-refractivity contribution in [3.05, 3.63) is 65.5 Å². The fraction of sp³-hybridized carbons (Fsp3) is 0.250. The molecule has 27 heavy (non-hydrogen) atoms. The van der Waals surface area contributed by atoms with Crippen molar-refractivity contribution in [1.82, 2.24) is 5.32 Å². The molecule has 2 aromatic rings. The molecule has 0 unspecified atom stereocenters. The largest absolute Gasteiger partial charge is 0.481 e. The van der Waals surface area contributed by atoms with Crippen molar-refractivity contribution in [3.8, 4) is 0 Å². The molecule has 1 aliphatic rings. The highest BCUT2D eigenvalue weighted by Gasteiger charge is 2.34. The van der Waals surface area contributed by atoms with Gasteiger partial charge in [-0.25, -0.2) is 4.39 Å². The van der Waals surface area contributed by atoms with E-state index in [0.29, 0.717) is 29.7 Å². The number of nitrogens with one attached hydrogen (secondary N) is 2. The number of benzene rings is 2. The molecule has 6 nitrogen and oxygen atoms in total. The number of carboxylic acids is 1. The van der Waals surface area contributed by atoms with Crippen LogP contribution in [-0.2, 0) is 4.79 Å². The van der Waals surface area contributed by atoms with Gasteiger partial charge in [0.25, 0.3) is 11.8 Å². The van der Waals surface area contributed by atoms with Crippen LogP contribution in [0, 0.1) is 11.7 Å². The zero-order chi connectivity index (χ0) is 19.4. The van der Waals surface area contributed by atoms with E-state index in [1.807, 2.05) is 0 Å². The lowest BCUT2D eigenvalue weighted by Crippen LogP contribution is -2.40. The zero-order valence-electron chi connectivity index (χ0n) is 14.4. The van der Waals surface area contributed by atoms with E-state index in [1.165, 1.54) is 30.3 Å². The summed E-state index contributed by atoms with van der Waals surface area (Å²) in [5.41, 5.74) is 1.03. The molecule has 2 atom stereocenters. The van der Waals surface area contributed by atoms with Gasteiger partial charge in [-0.15, -0.1) is 0 Å². The second kappa shape index (κ2) is 7.99. The summed E-state index contributed by atoms with van der Waals surface area (Å²) in [4.78, 5) is 35.9. The van der Waals surface area contributed by atoms with Crippen molar-refractivity contribution < 1.29 is 23.9 Å². The van der Waals surface area contributed by atoms with Crippen LogP contribution in [0.3, 0.4) is 0 Å². The van der Waals surface area contributed by atoms with Crippen LogP contribution in [0.4, 0.5) is 10.1 Å². The molecule has 3 rings (SSSR count). The molecule has 0 radical (unpaired) electrons. The van der Waals surface area contributed by atoms with Crippen LogP contribution in [0.15, 0.2) is 48.5 Å². The van der Waals surface area contributed by atoms with Gasteiger partial charge in [-0.2, -0.15) is 0 Å². The van der Waals surface area contributed by atoms with Crippen LogP contribution in [0.25, 0.3) is 0 Å². The molecular weight excluding hydrogens is 351 g/mol. The molecule has 140 valence electrons. The molecule has 0 aromatic heterocycles. The van der Waals surface area contributed by atoms with E-state index in [0.717, 1.165) is 6.42 Å². The predicted molar refractivity (Wildman–Crippen MR) is 97.0 cm³/mol. The second-order valence-electron chi connectivity index (χ2n) is 6.50. The summed E-state index contributed by atoms with van der Waals surface area (Å²) in [7, 11) is 0. The van der Waals surface area contributed by atoms with Crippen molar-refractivity contribution in [2.24, 2.45) is 5.92 Å². The fourth-order valence-electron chi connectivity index (χ4n) is 3.22. The number of aliphatic carboxylic acids is 1. The number of hydrogen-bond acceptors (Lipinski definition) is 3. The van der Waals surface area contributed by atoms with E-state index in [4.69, 9.17) is 0 Å². The zero-order valence-corrected chi connectivity index (χ0v) is 14.4. The van der Waals surface area contributed by atoms with Crippen LogP contribution >= 0.6 is 0 Å². The van der Waals surface area contributed by atoms with Crippen LogP contribution in [0.2, 0.25) is 0 Å². The highest BCUT2D eigenvalue weighted by molar-refractivity contribution is 6.05. The topological polar surface area (TPSA) is 95.5 Å². The van der Waals surface area contributed by atoms with Gasteiger partial charge in [-0.1, -0.05) is 12.5 Å². The average Bonchev–Trinajstić information content (AvgIpc) is 3.11. The first kappa shape index (κ1) is 18.6. The number of carbonyl (C=O) groups excluding carboxylic acids is 2. The van der Waals surface area contributed by atoms with Crippen molar-refractivity contribution in [2.45, 2.75) is 25.3 Å². The van der Waals surface area contributed by atoms with E-state index in [-0.39, 0.29) is 5.91 Å². The molecule has 3 N–H and O–H groups in total. The smallest absolute Gasteiger partial charge is 0.308 e. The Kier molecular flexibility index (Phi) is 5.49. The van der Waals surface area contributed by atoms with Crippen molar-refractivity contribution in [1.29, 1.82) is 0 Å². The molecule has 1 fully saturated rings. The third-order valence-corrected chi connectivity index (χ3v) is 4.64. The van der Waals surface area contributed by atoms with Gasteiger partial charge in [0.15, 0.2) is 0 Å². The van der Waals surface area contributed by atoms with Crippen LogP contribution in [0.5, 0.6) is 0 Å². The molecule has 2 aromatic carbocycles. The summed E-state index contributed by atoms with van der Waals surface area (Å²) < 4.78 is 13.0.